The summed E-state index contributed by atoms with van der Waals surface area (Å²) in [6, 6.07) is -1.33. The second-order valence-electron chi connectivity index (χ2n) is 3.42. The van der Waals surface area contributed by atoms with E-state index in [9.17, 15) is 29.4 Å². The summed E-state index contributed by atoms with van der Waals surface area (Å²) in [5.74, 6) is -2.35. The van der Waals surface area contributed by atoms with Crippen LogP contribution in [0, 0.1) is 0 Å². The molecule has 0 aliphatic rings. The van der Waals surface area contributed by atoms with Gasteiger partial charge in [-0.1, -0.05) is 0 Å². The van der Waals surface area contributed by atoms with Crippen LogP contribution in [-0.4, -0.2) is 36.6 Å². The molecule has 0 aliphatic heterocycles. The van der Waals surface area contributed by atoms with Crippen LogP contribution in [0.3, 0.4) is 0 Å². The first-order chi connectivity index (χ1) is 8.33. The van der Waals surface area contributed by atoms with Gasteiger partial charge in [0, 0.05) is 11.9 Å². The third-order valence-electron chi connectivity index (χ3n) is 1.71. The summed E-state index contributed by atoms with van der Waals surface area (Å²) < 4.78 is 0. The van der Waals surface area contributed by atoms with Crippen LogP contribution in [-0.2, 0) is 38.7 Å². The molecule has 0 aromatic heterocycles. The molecule has 0 radical (unpaired) electrons. The summed E-state index contributed by atoms with van der Waals surface area (Å²) in [5, 5.41) is 19.5. The predicted octanol–water partition coefficient (Wildman–Crippen LogP) is -3.92. The van der Waals surface area contributed by atoms with E-state index in [0.717, 1.165) is 0 Å². The number of carbonyl (C=O) groups is 4. The van der Waals surface area contributed by atoms with Crippen LogP contribution < -0.4 is 21.7 Å². The van der Waals surface area contributed by atoms with Crippen molar-refractivity contribution >= 4 is 24.5 Å². The van der Waals surface area contributed by atoms with Crippen molar-refractivity contribution in [3.63, 3.8) is 0 Å². The number of hydrogen-bond donors (Lipinski definition) is 2. The molecule has 0 saturated carbocycles. The number of rotatable bonds is 8. The Morgan fingerprint density at radius 3 is 1.32 bits per heavy atom. The van der Waals surface area contributed by atoms with Gasteiger partial charge in [0.1, 0.15) is 12.6 Å². The Hall–Kier alpha value is -1.18. The van der Waals surface area contributed by atoms with Gasteiger partial charge >= 0.3 is 19.5 Å². The van der Waals surface area contributed by atoms with Crippen molar-refractivity contribution in [2.45, 2.75) is 37.8 Å². The minimum atomic E-state index is -1.17. The molecule has 4 N–H and O–H groups in total. The van der Waals surface area contributed by atoms with E-state index < -0.39 is 24.0 Å². The van der Waals surface area contributed by atoms with E-state index in [4.69, 9.17) is 11.5 Å². The van der Waals surface area contributed by atoms with Crippen LogP contribution in [0.2, 0.25) is 0 Å². The zero-order chi connectivity index (χ0) is 14.6. The van der Waals surface area contributed by atoms with Gasteiger partial charge in [0.05, 0.1) is 12.1 Å². The van der Waals surface area contributed by atoms with Crippen molar-refractivity contribution in [1.82, 2.24) is 0 Å². The molecule has 0 unspecified atom stereocenters. The van der Waals surface area contributed by atoms with E-state index in [0.29, 0.717) is 12.6 Å². The monoisotopic (exact) mass is 324 g/mol. The number of aliphatic carboxylic acids is 2. The minimum absolute atomic E-state index is 0. The Morgan fingerprint density at radius 1 is 0.895 bits per heavy atom. The van der Waals surface area contributed by atoms with Gasteiger partial charge in [-0.3, -0.25) is 0 Å². The summed E-state index contributed by atoms with van der Waals surface area (Å²) >= 11 is 0. The van der Waals surface area contributed by atoms with E-state index in [2.05, 4.69) is 0 Å². The van der Waals surface area contributed by atoms with Gasteiger partial charge in [0.25, 0.3) is 0 Å². The Labute approximate surface area is 123 Å². The van der Waals surface area contributed by atoms with Gasteiger partial charge < -0.3 is 40.9 Å². The maximum absolute atomic E-state index is 9.78. The SMILES string of the molecule is N[C@H](C=O)CCC(=O)[O-].N[C@H](C=O)CCC(=O)[O-].[Zn+2]. The fourth-order valence-electron chi connectivity index (χ4n) is 0.705. The maximum Gasteiger partial charge on any atom is 2.00 e. The van der Waals surface area contributed by atoms with Crippen molar-refractivity contribution in [3.8, 4) is 0 Å². The Balaban J connectivity index is -0.000000256. The Morgan fingerprint density at radius 2 is 1.16 bits per heavy atom. The molecule has 0 amide bonds. The molecule has 0 bridgehead atoms. The van der Waals surface area contributed by atoms with Gasteiger partial charge in [-0.15, -0.1) is 0 Å². The van der Waals surface area contributed by atoms with E-state index in [1.54, 1.807) is 0 Å². The molecular weight excluding hydrogens is 310 g/mol. The molecule has 0 aliphatic carbocycles. The quantitative estimate of drug-likeness (QED) is 0.337. The molecule has 8 nitrogen and oxygen atoms in total. The fraction of sp³-hybridized carbons (Fsp3) is 0.600. The van der Waals surface area contributed by atoms with Gasteiger partial charge in [-0.05, 0) is 25.7 Å². The third-order valence-corrected chi connectivity index (χ3v) is 1.71. The molecule has 0 saturated heterocycles. The first-order valence-electron chi connectivity index (χ1n) is 5.14. The molecule has 0 fully saturated rings. The van der Waals surface area contributed by atoms with E-state index >= 15 is 0 Å². The first kappa shape index (κ1) is 23.0. The van der Waals surface area contributed by atoms with Crippen LogP contribution in [0.5, 0.6) is 0 Å². The molecule has 0 aromatic rings. The standard InChI is InChI=1S/2C5H9NO3.Zn/c2*6-4(3-7)1-2-5(8)9;/h2*3-4H,1-2,6H2,(H,8,9);/q;;+2/p-2/t2*4-;/m00./s1. The van der Waals surface area contributed by atoms with Crippen LogP contribution in [0.1, 0.15) is 25.7 Å². The van der Waals surface area contributed by atoms with Gasteiger partial charge in [-0.2, -0.15) is 0 Å². The molecule has 2 atom stereocenters. The number of hydrogen-bond acceptors (Lipinski definition) is 8. The molecule has 9 heteroatoms. The zero-order valence-corrected chi connectivity index (χ0v) is 13.4. The number of carboxylic acid groups (broad SMARTS) is 2. The van der Waals surface area contributed by atoms with Crippen LogP contribution in [0.15, 0.2) is 0 Å². The minimum Gasteiger partial charge on any atom is -0.550 e. The maximum atomic E-state index is 9.78. The predicted molar refractivity (Wildman–Crippen MR) is 56.6 cm³/mol. The van der Waals surface area contributed by atoms with Crippen molar-refractivity contribution in [2.24, 2.45) is 11.5 Å². The number of carbonyl (C=O) groups excluding carboxylic acids is 4. The Kier molecular flexibility index (Phi) is 18.0. The summed E-state index contributed by atoms with van der Waals surface area (Å²) in [6.07, 6.45) is 1.05. The van der Waals surface area contributed by atoms with Crippen molar-refractivity contribution < 1.29 is 48.9 Å². The fourth-order valence-corrected chi connectivity index (χ4v) is 0.705. The van der Waals surface area contributed by atoms with E-state index in [1.807, 2.05) is 0 Å². The largest absolute Gasteiger partial charge is 2.00 e. The second kappa shape index (κ2) is 14.9. The average molecular weight is 326 g/mol. The average Bonchev–Trinajstić information content (AvgIpc) is 2.33. The van der Waals surface area contributed by atoms with Crippen LogP contribution >= 0.6 is 0 Å². The zero-order valence-electron chi connectivity index (χ0n) is 10.4. The number of aldehydes is 2. The Bertz CT molecular complexity index is 259. The summed E-state index contributed by atoms with van der Waals surface area (Å²) in [6.45, 7) is 0. The van der Waals surface area contributed by atoms with Crippen LogP contribution in [0.4, 0.5) is 0 Å². The first-order valence-corrected chi connectivity index (χ1v) is 5.14. The number of nitrogens with two attached hydrogens (primary N) is 2. The molecule has 0 aromatic carbocycles. The molecule has 19 heavy (non-hydrogen) atoms. The molecule has 104 valence electrons. The van der Waals surface area contributed by atoms with Gasteiger partial charge in [-0.25, -0.2) is 0 Å². The summed E-state index contributed by atoms with van der Waals surface area (Å²) in [7, 11) is 0. The third kappa shape index (κ3) is 22.5. The number of carboxylic acids is 2. The topological polar surface area (TPSA) is 166 Å². The second-order valence-corrected chi connectivity index (χ2v) is 3.42. The van der Waals surface area contributed by atoms with Crippen LogP contribution in [0.25, 0.3) is 0 Å². The van der Waals surface area contributed by atoms with Gasteiger partial charge in [0.2, 0.25) is 0 Å². The van der Waals surface area contributed by atoms with Crippen molar-refractivity contribution in [1.29, 1.82) is 0 Å². The molecule has 0 spiro atoms. The van der Waals surface area contributed by atoms with E-state index in [-0.39, 0.29) is 45.2 Å². The normalized spacial score (nSPS) is 11.9. The summed E-state index contributed by atoms with van der Waals surface area (Å²) in [4.78, 5) is 39.0. The van der Waals surface area contributed by atoms with Gasteiger partial charge in [0.15, 0.2) is 0 Å². The van der Waals surface area contributed by atoms with Crippen molar-refractivity contribution in [2.75, 3.05) is 0 Å². The van der Waals surface area contributed by atoms with Crippen molar-refractivity contribution in [3.05, 3.63) is 0 Å². The molecule has 0 rings (SSSR count). The summed E-state index contributed by atoms with van der Waals surface area (Å²) in [5.41, 5.74) is 10.1. The molecular formula is C10H16N2O6Zn. The molecule has 0 heterocycles. The smallest absolute Gasteiger partial charge is 0.550 e. The van der Waals surface area contributed by atoms with E-state index in [1.165, 1.54) is 0 Å².